The van der Waals surface area contributed by atoms with E-state index < -0.39 is 30.1 Å². The van der Waals surface area contributed by atoms with Crippen LogP contribution in [0, 0.1) is 31.6 Å². The van der Waals surface area contributed by atoms with E-state index in [-0.39, 0.29) is 6.61 Å². The Bertz CT molecular complexity index is 359. The molecule has 0 aromatic carbocycles. The lowest BCUT2D eigenvalue weighted by atomic mass is 9.95. The van der Waals surface area contributed by atoms with E-state index in [1.165, 1.54) is 13.8 Å². The van der Waals surface area contributed by atoms with Gasteiger partial charge in [0.2, 0.25) is 6.10 Å². The van der Waals surface area contributed by atoms with Crippen LogP contribution >= 0.6 is 0 Å². The van der Waals surface area contributed by atoms with Gasteiger partial charge in [-0.05, 0) is 32.6 Å². The second-order valence-corrected chi connectivity index (χ2v) is 4.03. The molecule has 109 valence electrons. The van der Waals surface area contributed by atoms with Gasteiger partial charge < -0.3 is 14.2 Å². The predicted molar refractivity (Wildman–Crippen MR) is 68.2 cm³/mol. The van der Waals surface area contributed by atoms with E-state index in [2.05, 4.69) is 0 Å². The van der Waals surface area contributed by atoms with Crippen molar-refractivity contribution in [3.63, 3.8) is 0 Å². The molecular weight excluding hydrogens is 264 g/mol. The van der Waals surface area contributed by atoms with Crippen molar-refractivity contribution < 1.29 is 28.6 Å². The molecule has 1 saturated carbocycles. The molecule has 0 aromatic rings. The molecule has 1 fully saturated rings. The lowest BCUT2D eigenvalue weighted by molar-refractivity contribution is -0.179. The molecule has 0 N–H and O–H groups in total. The van der Waals surface area contributed by atoms with Gasteiger partial charge in [-0.15, -0.1) is 0 Å². The van der Waals surface area contributed by atoms with Crippen LogP contribution in [0.2, 0.25) is 0 Å². The smallest absolute Gasteiger partial charge is 0.351 e. The highest BCUT2D eigenvalue weighted by Gasteiger charge is 2.42. The van der Waals surface area contributed by atoms with E-state index in [1.807, 2.05) is 0 Å². The van der Waals surface area contributed by atoms with Gasteiger partial charge in [-0.1, -0.05) is 0 Å². The van der Waals surface area contributed by atoms with Gasteiger partial charge in [0.1, 0.15) is 0 Å². The third kappa shape index (κ3) is 4.83. The first-order valence-electron chi connectivity index (χ1n) is 6.18. The van der Waals surface area contributed by atoms with Gasteiger partial charge >= 0.3 is 17.9 Å². The molecule has 6 nitrogen and oxygen atoms in total. The first-order valence-corrected chi connectivity index (χ1v) is 6.18. The summed E-state index contributed by atoms with van der Waals surface area (Å²) in [5.74, 6) is -1.45. The Morgan fingerprint density at radius 1 is 1.05 bits per heavy atom. The molecule has 0 bridgehead atoms. The molecule has 6 heteroatoms. The van der Waals surface area contributed by atoms with Crippen molar-refractivity contribution in [3.8, 4) is 0 Å². The number of hydrogen-bond donors (Lipinski definition) is 0. The fraction of sp³-hybridized carbons (Fsp3) is 0.429. The van der Waals surface area contributed by atoms with Gasteiger partial charge in [0, 0.05) is 19.8 Å². The van der Waals surface area contributed by atoms with Gasteiger partial charge in [0.25, 0.3) is 0 Å². The third-order valence-electron chi connectivity index (χ3n) is 2.40. The highest BCUT2D eigenvalue weighted by Crippen LogP contribution is 2.31. The fourth-order valence-electron chi connectivity index (χ4n) is 1.70. The molecular formula is C14H17O6. The van der Waals surface area contributed by atoms with Crippen molar-refractivity contribution in [2.75, 3.05) is 6.61 Å². The van der Waals surface area contributed by atoms with Crippen LogP contribution in [0.4, 0.5) is 0 Å². The number of ether oxygens (including phenoxy) is 3. The van der Waals surface area contributed by atoms with E-state index in [4.69, 9.17) is 14.2 Å². The lowest BCUT2D eigenvalue weighted by Crippen LogP contribution is -2.44. The average Bonchev–Trinajstić information content (AvgIpc) is 2.86. The molecule has 2 atom stereocenters. The molecule has 0 unspecified atom stereocenters. The Hall–Kier alpha value is -1.59. The standard InChI is InChI=1S/C14H17O6/c1-4-18-14(17)13(20-10(3)16)12(19-9(2)15)11-7-5-6-8-11/h5-8,12-13H,4H2,1-3H3/t12-,13+/m1/s1. The van der Waals surface area contributed by atoms with E-state index in [1.54, 1.807) is 32.6 Å². The maximum atomic E-state index is 11.9. The van der Waals surface area contributed by atoms with Gasteiger partial charge in [-0.3, -0.25) is 9.59 Å². The molecule has 1 aliphatic rings. The molecule has 1 rings (SSSR count). The second-order valence-electron chi connectivity index (χ2n) is 4.03. The highest BCUT2D eigenvalue weighted by atomic mass is 16.6. The minimum absolute atomic E-state index is 0.129. The van der Waals surface area contributed by atoms with Crippen LogP contribution in [0.5, 0.6) is 0 Å². The topological polar surface area (TPSA) is 78.9 Å². The Labute approximate surface area is 118 Å². The Balaban J connectivity index is 2.91. The van der Waals surface area contributed by atoms with Gasteiger partial charge in [-0.25, -0.2) is 4.79 Å². The van der Waals surface area contributed by atoms with Crippen molar-refractivity contribution in [3.05, 3.63) is 31.6 Å². The zero-order chi connectivity index (χ0) is 15.1. The molecule has 5 radical (unpaired) electrons. The number of hydrogen-bond acceptors (Lipinski definition) is 6. The van der Waals surface area contributed by atoms with E-state index in [9.17, 15) is 14.4 Å². The van der Waals surface area contributed by atoms with Crippen molar-refractivity contribution in [2.24, 2.45) is 0 Å². The summed E-state index contributed by atoms with van der Waals surface area (Å²) in [6.07, 6.45) is 4.44. The van der Waals surface area contributed by atoms with Crippen molar-refractivity contribution in [1.82, 2.24) is 0 Å². The fourth-order valence-corrected chi connectivity index (χ4v) is 1.70. The Morgan fingerprint density at radius 2 is 1.60 bits per heavy atom. The van der Waals surface area contributed by atoms with Crippen molar-refractivity contribution >= 4 is 17.9 Å². The summed E-state index contributed by atoms with van der Waals surface area (Å²) in [6.45, 7) is 4.14. The van der Waals surface area contributed by atoms with Crippen LogP contribution in [-0.2, 0) is 28.6 Å². The average molecular weight is 281 g/mol. The summed E-state index contributed by atoms with van der Waals surface area (Å²) in [6, 6.07) is 0. The zero-order valence-corrected chi connectivity index (χ0v) is 11.6. The maximum absolute atomic E-state index is 11.9. The first-order chi connectivity index (χ1) is 9.45. The van der Waals surface area contributed by atoms with E-state index in [0.29, 0.717) is 5.92 Å². The first kappa shape index (κ1) is 16.5. The molecule has 20 heavy (non-hydrogen) atoms. The summed E-state index contributed by atoms with van der Waals surface area (Å²) in [4.78, 5) is 34.3. The van der Waals surface area contributed by atoms with E-state index >= 15 is 0 Å². The van der Waals surface area contributed by atoms with Crippen LogP contribution in [0.15, 0.2) is 0 Å². The van der Waals surface area contributed by atoms with Gasteiger partial charge in [0.15, 0.2) is 6.10 Å². The number of carbonyl (C=O) groups excluding carboxylic acids is 3. The highest BCUT2D eigenvalue weighted by molar-refractivity contribution is 5.80. The summed E-state index contributed by atoms with van der Waals surface area (Å²) < 4.78 is 14.9. The van der Waals surface area contributed by atoms with Crippen LogP contribution in [-0.4, -0.2) is 36.7 Å². The van der Waals surface area contributed by atoms with Crippen LogP contribution < -0.4 is 0 Å². The summed E-state index contributed by atoms with van der Waals surface area (Å²) in [7, 11) is 0. The van der Waals surface area contributed by atoms with Crippen LogP contribution in [0.3, 0.4) is 0 Å². The van der Waals surface area contributed by atoms with Crippen LogP contribution in [0.25, 0.3) is 0 Å². The SMILES string of the molecule is CCOC(=O)[C@@H](OC(C)=O)[C@H](OC(C)=O)[C]1[CH][CH][CH][CH]1. The summed E-state index contributed by atoms with van der Waals surface area (Å²) >= 11 is 0. The quantitative estimate of drug-likeness (QED) is 0.530. The number of carbonyl (C=O) groups is 3. The van der Waals surface area contributed by atoms with E-state index in [0.717, 1.165) is 0 Å². The third-order valence-corrected chi connectivity index (χ3v) is 2.40. The largest absolute Gasteiger partial charge is 0.463 e. The van der Waals surface area contributed by atoms with Crippen molar-refractivity contribution in [1.29, 1.82) is 0 Å². The Kier molecular flexibility index (Phi) is 6.48. The number of rotatable bonds is 6. The lowest BCUT2D eigenvalue weighted by Gasteiger charge is -2.28. The molecule has 0 spiro atoms. The predicted octanol–water partition coefficient (Wildman–Crippen LogP) is 0.818. The second kappa shape index (κ2) is 7.87. The summed E-state index contributed by atoms with van der Waals surface area (Å²) in [5.41, 5.74) is 0. The van der Waals surface area contributed by atoms with Gasteiger partial charge in [0.05, 0.1) is 6.61 Å². The Morgan fingerprint density at radius 3 is 2.05 bits per heavy atom. The van der Waals surface area contributed by atoms with Crippen molar-refractivity contribution in [2.45, 2.75) is 33.0 Å². The minimum Gasteiger partial charge on any atom is -0.463 e. The molecule has 0 aromatic heterocycles. The normalized spacial score (nSPS) is 18.1. The number of esters is 3. The van der Waals surface area contributed by atoms with Crippen LogP contribution in [0.1, 0.15) is 20.8 Å². The zero-order valence-electron chi connectivity index (χ0n) is 11.6. The molecule has 1 aliphatic carbocycles. The minimum atomic E-state index is -1.32. The maximum Gasteiger partial charge on any atom is 0.351 e. The molecule has 0 aliphatic heterocycles. The molecule has 0 amide bonds. The molecule has 0 heterocycles. The monoisotopic (exact) mass is 281 g/mol. The summed E-state index contributed by atoms with van der Waals surface area (Å²) in [5, 5.41) is 0. The van der Waals surface area contributed by atoms with Gasteiger partial charge in [-0.2, -0.15) is 0 Å². The molecule has 0 saturated heterocycles.